The van der Waals surface area contributed by atoms with Crippen molar-refractivity contribution in [2.24, 2.45) is 0 Å². The third kappa shape index (κ3) is 3.35. The molecule has 5 heteroatoms. The molecule has 0 spiro atoms. The van der Waals surface area contributed by atoms with E-state index in [1.807, 2.05) is 13.8 Å². The van der Waals surface area contributed by atoms with E-state index in [0.717, 1.165) is 26.2 Å². The fraction of sp³-hybridized carbons (Fsp3) is 0.533. The molecule has 1 unspecified atom stereocenters. The quantitative estimate of drug-likeness (QED) is 0.834. The Labute approximate surface area is 118 Å². The fourth-order valence-electron chi connectivity index (χ4n) is 2.44. The van der Waals surface area contributed by atoms with Crippen LogP contribution in [0.4, 0.5) is 4.39 Å². The number of nitrogens with zero attached hydrogens (tertiary/aromatic N) is 1. The Hall–Kier alpha value is -1.46. The zero-order valence-corrected chi connectivity index (χ0v) is 12.0. The Morgan fingerprint density at radius 1 is 1.45 bits per heavy atom. The molecule has 110 valence electrons. The predicted molar refractivity (Wildman–Crippen MR) is 75.8 cm³/mol. The maximum atomic E-state index is 13.4. The lowest BCUT2D eigenvalue weighted by molar-refractivity contribution is 0.0816. The van der Waals surface area contributed by atoms with E-state index in [1.54, 1.807) is 0 Å². The van der Waals surface area contributed by atoms with Gasteiger partial charge in [-0.25, -0.2) is 4.39 Å². The number of hydrogen-bond acceptors (Lipinski definition) is 4. The van der Waals surface area contributed by atoms with Crippen molar-refractivity contribution in [3.05, 3.63) is 29.6 Å². The molecule has 0 bridgehead atoms. The lowest BCUT2D eigenvalue weighted by Gasteiger charge is -2.32. The molecule has 4 nitrogen and oxygen atoms in total. The first kappa shape index (κ1) is 14.9. The van der Waals surface area contributed by atoms with Gasteiger partial charge in [-0.3, -0.25) is 9.69 Å². The van der Waals surface area contributed by atoms with Gasteiger partial charge in [0.25, 0.3) is 0 Å². The highest BCUT2D eigenvalue weighted by Gasteiger charge is 2.26. The van der Waals surface area contributed by atoms with Crippen LogP contribution < -0.4 is 10.1 Å². The summed E-state index contributed by atoms with van der Waals surface area (Å²) in [5.41, 5.74) is 0.331. The highest BCUT2D eigenvalue weighted by Crippen LogP contribution is 2.23. The maximum Gasteiger partial charge on any atom is 0.183 e. The number of carbonyl (C=O) groups excluding carboxylic acids is 1. The summed E-state index contributed by atoms with van der Waals surface area (Å²) in [5, 5.41) is 3.25. The van der Waals surface area contributed by atoms with Crippen molar-refractivity contribution in [1.29, 1.82) is 0 Å². The van der Waals surface area contributed by atoms with E-state index >= 15 is 0 Å². The van der Waals surface area contributed by atoms with Gasteiger partial charge in [-0.15, -0.1) is 0 Å². The molecule has 0 aromatic heterocycles. The van der Waals surface area contributed by atoms with Crippen molar-refractivity contribution in [2.45, 2.75) is 19.9 Å². The Kier molecular flexibility index (Phi) is 5.09. The molecule has 0 radical (unpaired) electrons. The number of ketones is 1. The van der Waals surface area contributed by atoms with Crippen molar-refractivity contribution in [1.82, 2.24) is 10.2 Å². The molecule has 1 atom stereocenters. The number of ether oxygens (including phenoxy) is 1. The van der Waals surface area contributed by atoms with E-state index in [9.17, 15) is 9.18 Å². The van der Waals surface area contributed by atoms with Crippen LogP contribution in [0.3, 0.4) is 0 Å². The standard InChI is InChI=1S/C15H21FN2O2/c1-3-20-14-5-4-12(16)10-13(14)15(19)11(2)18-8-6-17-7-9-18/h4-5,10-11,17H,3,6-9H2,1-2H3. The number of rotatable bonds is 5. The van der Waals surface area contributed by atoms with Gasteiger partial charge in [0.2, 0.25) is 0 Å². The van der Waals surface area contributed by atoms with Crippen molar-refractivity contribution in [3.63, 3.8) is 0 Å². The average Bonchev–Trinajstić information content (AvgIpc) is 2.48. The molecule has 2 rings (SSSR count). The highest BCUT2D eigenvalue weighted by molar-refractivity contribution is 6.02. The molecule has 1 aromatic rings. The SMILES string of the molecule is CCOc1ccc(F)cc1C(=O)C(C)N1CCNCC1. The molecular weight excluding hydrogens is 259 g/mol. The number of piperazine rings is 1. The van der Waals surface area contributed by atoms with Crippen LogP contribution in [0.15, 0.2) is 18.2 Å². The smallest absolute Gasteiger partial charge is 0.183 e. The lowest BCUT2D eigenvalue weighted by Crippen LogP contribution is -2.50. The summed E-state index contributed by atoms with van der Waals surface area (Å²) in [5.74, 6) is -0.0416. The molecular formula is C15H21FN2O2. The summed E-state index contributed by atoms with van der Waals surface area (Å²) in [6, 6.07) is 3.85. The summed E-state index contributed by atoms with van der Waals surface area (Å²) in [4.78, 5) is 14.7. The Bertz CT molecular complexity index is 473. The van der Waals surface area contributed by atoms with Crippen LogP contribution in [0.5, 0.6) is 5.75 Å². The molecule has 1 heterocycles. The van der Waals surface area contributed by atoms with Gasteiger partial charge < -0.3 is 10.1 Å². The normalized spacial score (nSPS) is 17.8. The largest absolute Gasteiger partial charge is 0.493 e. The minimum Gasteiger partial charge on any atom is -0.493 e. The molecule has 0 saturated carbocycles. The van der Waals surface area contributed by atoms with E-state index in [-0.39, 0.29) is 11.8 Å². The van der Waals surface area contributed by atoms with E-state index in [2.05, 4.69) is 10.2 Å². The predicted octanol–water partition coefficient (Wildman–Crippen LogP) is 1.70. The highest BCUT2D eigenvalue weighted by atomic mass is 19.1. The van der Waals surface area contributed by atoms with Gasteiger partial charge in [-0.05, 0) is 32.0 Å². The number of nitrogens with one attached hydrogen (secondary N) is 1. The van der Waals surface area contributed by atoms with Gasteiger partial charge >= 0.3 is 0 Å². The number of benzene rings is 1. The Morgan fingerprint density at radius 2 is 2.15 bits per heavy atom. The van der Waals surface area contributed by atoms with Gasteiger partial charge in [0.15, 0.2) is 5.78 Å². The first-order valence-corrected chi connectivity index (χ1v) is 7.04. The van der Waals surface area contributed by atoms with Crippen LogP contribution >= 0.6 is 0 Å². The monoisotopic (exact) mass is 280 g/mol. The van der Waals surface area contributed by atoms with E-state index < -0.39 is 5.82 Å². The zero-order chi connectivity index (χ0) is 14.5. The van der Waals surface area contributed by atoms with Gasteiger partial charge in [0, 0.05) is 26.2 Å². The third-order valence-corrected chi connectivity index (χ3v) is 3.59. The zero-order valence-electron chi connectivity index (χ0n) is 12.0. The first-order valence-electron chi connectivity index (χ1n) is 7.04. The van der Waals surface area contributed by atoms with Crippen LogP contribution in [-0.2, 0) is 0 Å². The topological polar surface area (TPSA) is 41.6 Å². The molecule has 0 amide bonds. The van der Waals surface area contributed by atoms with Gasteiger partial charge in [0.1, 0.15) is 11.6 Å². The number of halogens is 1. The van der Waals surface area contributed by atoms with Crippen LogP contribution in [0.2, 0.25) is 0 Å². The van der Waals surface area contributed by atoms with Crippen molar-refractivity contribution in [3.8, 4) is 5.75 Å². The second kappa shape index (κ2) is 6.81. The minimum atomic E-state index is -0.413. The molecule has 20 heavy (non-hydrogen) atoms. The van der Waals surface area contributed by atoms with E-state index in [1.165, 1.54) is 18.2 Å². The summed E-state index contributed by atoms with van der Waals surface area (Å²) in [7, 11) is 0. The van der Waals surface area contributed by atoms with E-state index in [0.29, 0.717) is 17.9 Å². The number of carbonyl (C=O) groups is 1. The van der Waals surface area contributed by atoms with Crippen molar-refractivity contribution >= 4 is 5.78 Å². The molecule has 0 aliphatic carbocycles. The van der Waals surface area contributed by atoms with Crippen LogP contribution in [0, 0.1) is 5.82 Å². The molecule has 1 N–H and O–H groups in total. The third-order valence-electron chi connectivity index (χ3n) is 3.59. The minimum absolute atomic E-state index is 0.0881. The molecule has 1 fully saturated rings. The van der Waals surface area contributed by atoms with Crippen molar-refractivity contribution < 1.29 is 13.9 Å². The van der Waals surface area contributed by atoms with Gasteiger partial charge in [-0.1, -0.05) is 0 Å². The molecule has 1 aliphatic rings. The Morgan fingerprint density at radius 3 is 2.80 bits per heavy atom. The second-order valence-corrected chi connectivity index (χ2v) is 4.90. The number of hydrogen-bond donors (Lipinski definition) is 1. The number of Topliss-reactive ketones (excluding diaryl/α,β-unsaturated/α-hetero) is 1. The first-order chi connectivity index (χ1) is 9.63. The molecule has 1 aliphatic heterocycles. The van der Waals surface area contributed by atoms with Crippen molar-refractivity contribution in [2.75, 3.05) is 32.8 Å². The molecule has 1 aromatic carbocycles. The average molecular weight is 280 g/mol. The lowest BCUT2D eigenvalue weighted by atomic mass is 10.0. The fourth-order valence-corrected chi connectivity index (χ4v) is 2.44. The van der Waals surface area contributed by atoms with Crippen LogP contribution in [0.1, 0.15) is 24.2 Å². The van der Waals surface area contributed by atoms with Crippen LogP contribution in [-0.4, -0.2) is 49.5 Å². The van der Waals surface area contributed by atoms with Gasteiger partial charge in [-0.2, -0.15) is 0 Å². The summed E-state index contributed by atoms with van der Waals surface area (Å²) < 4.78 is 18.9. The summed E-state index contributed by atoms with van der Waals surface area (Å²) >= 11 is 0. The van der Waals surface area contributed by atoms with E-state index in [4.69, 9.17) is 4.74 Å². The maximum absolute atomic E-state index is 13.4. The van der Waals surface area contributed by atoms with Crippen LogP contribution in [0.25, 0.3) is 0 Å². The summed E-state index contributed by atoms with van der Waals surface area (Å²) in [6.07, 6.45) is 0. The second-order valence-electron chi connectivity index (χ2n) is 4.90. The van der Waals surface area contributed by atoms with Gasteiger partial charge in [0.05, 0.1) is 18.2 Å². The summed E-state index contributed by atoms with van der Waals surface area (Å²) in [6.45, 7) is 7.57. The Balaban J connectivity index is 2.20. The molecule has 1 saturated heterocycles.